The summed E-state index contributed by atoms with van der Waals surface area (Å²) < 4.78 is 13.6. The molecule has 1 aromatic heterocycles. The minimum absolute atomic E-state index is 0.101. The average molecular weight is 257 g/mol. The monoisotopic (exact) mass is 256 g/mol. The van der Waals surface area contributed by atoms with Gasteiger partial charge in [-0.2, -0.15) is 0 Å². The quantitative estimate of drug-likeness (QED) is 0.724. The van der Waals surface area contributed by atoms with Crippen LogP contribution < -0.4 is 0 Å². The highest BCUT2D eigenvalue weighted by atomic mass is 35.5. The van der Waals surface area contributed by atoms with Crippen LogP contribution in [0.2, 0.25) is 10.3 Å². The Labute approximate surface area is 102 Å². The van der Waals surface area contributed by atoms with E-state index in [0.717, 1.165) is 0 Å². The topological polar surface area (TPSA) is 25.8 Å². The lowest BCUT2D eigenvalue weighted by atomic mass is 10.1. The molecule has 2 rings (SSSR count). The normalized spacial score (nSPS) is 10.5. The van der Waals surface area contributed by atoms with E-state index in [1.165, 1.54) is 6.07 Å². The Kier molecular flexibility index (Phi) is 3.08. The van der Waals surface area contributed by atoms with Crippen LogP contribution in [0.25, 0.3) is 11.3 Å². The maximum absolute atomic E-state index is 13.6. The molecular formula is C11H7Cl2FN2. The van der Waals surface area contributed by atoms with Crippen LogP contribution in [0.15, 0.2) is 24.3 Å². The lowest BCUT2D eigenvalue weighted by molar-refractivity contribution is 0.630. The van der Waals surface area contributed by atoms with E-state index < -0.39 is 5.82 Å². The number of hydrogen-bond donors (Lipinski definition) is 0. The number of nitrogens with zero attached hydrogens (tertiary/aromatic N) is 2. The van der Waals surface area contributed by atoms with Gasteiger partial charge in [0.2, 0.25) is 5.28 Å². The van der Waals surface area contributed by atoms with Crippen molar-refractivity contribution < 1.29 is 4.39 Å². The standard InChI is InChI=1S/C11H7Cl2FN2/c1-6-4-10(16-11(13)15-6)8-3-2-7(12)5-9(8)14/h2-5H,1H3. The maximum Gasteiger partial charge on any atom is 0.223 e. The summed E-state index contributed by atoms with van der Waals surface area (Å²) in [6, 6.07) is 6.07. The highest BCUT2D eigenvalue weighted by Gasteiger charge is 2.08. The Morgan fingerprint density at radius 2 is 1.88 bits per heavy atom. The molecule has 0 bridgehead atoms. The summed E-state index contributed by atoms with van der Waals surface area (Å²) in [5.74, 6) is -0.429. The van der Waals surface area contributed by atoms with E-state index in [4.69, 9.17) is 23.2 Å². The van der Waals surface area contributed by atoms with Crippen LogP contribution in [0.5, 0.6) is 0 Å². The number of aromatic nitrogens is 2. The molecule has 0 radical (unpaired) electrons. The number of aryl methyl sites for hydroxylation is 1. The van der Waals surface area contributed by atoms with Crippen molar-refractivity contribution in [3.63, 3.8) is 0 Å². The van der Waals surface area contributed by atoms with Gasteiger partial charge in [0, 0.05) is 16.3 Å². The minimum Gasteiger partial charge on any atom is -0.223 e. The van der Waals surface area contributed by atoms with Crippen LogP contribution in [-0.2, 0) is 0 Å². The summed E-state index contributed by atoms with van der Waals surface area (Å²) in [4.78, 5) is 7.88. The SMILES string of the molecule is Cc1cc(-c2ccc(Cl)cc2F)nc(Cl)n1. The van der Waals surface area contributed by atoms with E-state index in [1.807, 2.05) is 0 Å². The molecule has 0 spiro atoms. The van der Waals surface area contributed by atoms with Gasteiger partial charge in [-0.05, 0) is 42.8 Å². The first kappa shape index (κ1) is 11.3. The Balaban J connectivity index is 2.58. The molecule has 0 aliphatic heterocycles. The highest BCUT2D eigenvalue weighted by molar-refractivity contribution is 6.30. The molecule has 2 nitrogen and oxygen atoms in total. The van der Waals surface area contributed by atoms with Crippen LogP contribution in [0.4, 0.5) is 4.39 Å². The Morgan fingerprint density at radius 1 is 1.12 bits per heavy atom. The zero-order valence-corrected chi connectivity index (χ0v) is 9.85. The molecule has 0 fully saturated rings. The summed E-state index contributed by atoms with van der Waals surface area (Å²) in [5.41, 5.74) is 1.49. The fourth-order valence-electron chi connectivity index (χ4n) is 1.37. The van der Waals surface area contributed by atoms with Crippen LogP contribution >= 0.6 is 23.2 Å². The molecular weight excluding hydrogens is 250 g/mol. The molecule has 5 heteroatoms. The number of halogens is 3. The molecule has 0 saturated carbocycles. The smallest absolute Gasteiger partial charge is 0.223 e. The van der Waals surface area contributed by atoms with Crippen LogP contribution in [0.3, 0.4) is 0 Å². The largest absolute Gasteiger partial charge is 0.223 e. The summed E-state index contributed by atoms with van der Waals surface area (Å²) in [7, 11) is 0. The number of rotatable bonds is 1. The zero-order chi connectivity index (χ0) is 11.7. The second kappa shape index (κ2) is 4.36. The van der Waals surface area contributed by atoms with Gasteiger partial charge < -0.3 is 0 Å². The lowest BCUT2D eigenvalue weighted by Crippen LogP contribution is -1.92. The van der Waals surface area contributed by atoms with E-state index in [0.29, 0.717) is 22.0 Å². The molecule has 0 N–H and O–H groups in total. The third-order valence-corrected chi connectivity index (χ3v) is 2.44. The number of benzene rings is 1. The maximum atomic E-state index is 13.6. The molecule has 0 aliphatic carbocycles. The van der Waals surface area contributed by atoms with Crippen molar-refractivity contribution in [2.24, 2.45) is 0 Å². The zero-order valence-electron chi connectivity index (χ0n) is 8.34. The van der Waals surface area contributed by atoms with Crippen LogP contribution in [0, 0.1) is 12.7 Å². The third kappa shape index (κ3) is 2.31. The van der Waals surface area contributed by atoms with Crippen molar-refractivity contribution in [3.05, 3.63) is 46.1 Å². The Hall–Kier alpha value is -1.19. The molecule has 0 aliphatic rings. The molecule has 1 aromatic carbocycles. The van der Waals surface area contributed by atoms with Crippen molar-refractivity contribution >= 4 is 23.2 Å². The van der Waals surface area contributed by atoms with Gasteiger partial charge in [-0.3, -0.25) is 0 Å². The van der Waals surface area contributed by atoms with Crippen LogP contribution in [-0.4, -0.2) is 9.97 Å². The van der Waals surface area contributed by atoms with Crippen LogP contribution in [0.1, 0.15) is 5.69 Å². The predicted octanol–water partition coefficient (Wildman–Crippen LogP) is 3.90. The van der Waals surface area contributed by atoms with Gasteiger partial charge in [0.25, 0.3) is 0 Å². The average Bonchev–Trinajstić information content (AvgIpc) is 2.15. The Morgan fingerprint density at radius 3 is 2.50 bits per heavy atom. The van der Waals surface area contributed by atoms with Crippen molar-refractivity contribution in [2.45, 2.75) is 6.92 Å². The molecule has 1 heterocycles. The molecule has 0 atom stereocenters. The second-order valence-electron chi connectivity index (χ2n) is 3.29. The first-order valence-electron chi connectivity index (χ1n) is 4.53. The summed E-state index contributed by atoms with van der Waals surface area (Å²) >= 11 is 11.4. The van der Waals surface area contributed by atoms with Gasteiger partial charge in [-0.25, -0.2) is 14.4 Å². The minimum atomic E-state index is -0.429. The molecule has 16 heavy (non-hydrogen) atoms. The fourth-order valence-corrected chi connectivity index (χ4v) is 1.75. The summed E-state index contributed by atoms with van der Waals surface area (Å²) in [6.07, 6.45) is 0. The van der Waals surface area contributed by atoms with E-state index in [1.54, 1.807) is 25.1 Å². The van der Waals surface area contributed by atoms with Gasteiger partial charge in [0.1, 0.15) is 5.82 Å². The predicted molar refractivity (Wildman–Crippen MR) is 62.2 cm³/mol. The van der Waals surface area contributed by atoms with E-state index >= 15 is 0 Å². The number of hydrogen-bond acceptors (Lipinski definition) is 2. The van der Waals surface area contributed by atoms with Gasteiger partial charge in [0.05, 0.1) is 5.69 Å². The lowest BCUT2D eigenvalue weighted by Gasteiger charge is -2.04. The van der Waals surface area contributed by atoms with Gasteiger partial charge in [0.15, 0.2) is 0 Å². The van der Waals surface area contributed by atoms with Crippen molar-refractivity contribution in [2.75, 3.05) is 0 Å². The van der Waals surface area contributed by atoms with Crippen molar-refractivity contribution in [3.8, 4) is 11.3 Å². The molecule has 0 amide bonds. The third-order valence-electron chi connectivity index (χ3n) is 2.03. The first-order chi connectivity index (χ1) is 7.56. The summed E-state index contributed by atoms with van der Waals surface area (Å²) in [6.45, 7) is 1.77. The fraction of sp³-hybridized carbons (Fsp3) is 0.0909. The first-order valence-corrected chi connectivity index (χ1v) is 5.28. The van der Waals surface area contributed by atoms with Gasteiger partial charge in [-0.15, -0.1) is 0 Å². The van der Waals surface area contributed by atoms with E-state index in [9.17, 15) is 4.39 Å². The summed E-state index contributed by atoms with van der Waals surface area (Å²) in [5, 5.41) is 0.447. The van der Waals surface area contributed by atoms with E-state index in [-0.39, 0.29) is 5.28 Å². The molecule has 2 aromatic rings. The van der Waals surface area contributed by atoms with Gasteiger partial charge >= 0.3 is 0 Å². The van der Waals surface area contributed by atoms with E-state index in [2.05, 4.69) is 9.97 Å². The van der Waals surface area contributed by atoms with Crippen molar-refractivity contribution in [1.82, 2.24) is 9.97 Å². The van der Waals surface area contributed by atoms with Gasteiger partial charge in [-0.1, -0.05) is 11.6 Å². The van der Waals surface area contributed by atoms with Crippen molar-refractivity contribution in [1.29, 1.82) is 0 Å². The highest BCUT2D eigenvalue weighted by Crippen LogP contribution is 2.24. The molecule has 82 valence electrons. The molecule has 0 saturated heterocycles. The second-order valence-corrected chi connectivity index (χ2v) is 4.06. The Bertz CT molecular complexity index is 523. The molecule has 0 unspecified atom stereocenters.